The number of amides is 1. The van der Waals surface area contributed by atoms with Crippen LogP contribution in [0.2, 0.25) is 0 Å². The number of rotatable bonds is 3. The molecule has 5 heteroatoms. The van der Waals surface area contributed by atoms with Gasteiger partial charge >= 0.3 is 5.97 Å². The van der Waals surface area contributed by atoms with Gasteiger partial charge in [0.05, 0.1) is 12.0 Å². The van der Waals surface area contributed by atoms with E-state index in [0.717, 1.165) is 6.42 Å². The number of carbonyl (C=O) groups is 2. The van der Waals surface area contributed by atoms with Crippen LogP contribution in [0, 0.1) is 11.8 Å². The molecular weight excluding hydrogens is 208 g/mol. The molecule has 1 aliphatic heterocycles. The zero-order valence-corrected chi connectivity index (χ0v) is 9.85. The number of piperidine rings is 1. The average Bonchev–Trinajstić information content (AvgIpc) is 2.27. The molecule has 0 radical (unpaired) electrons. The molecule has 0 aromatic carbocycles. The molecule has 1 unspecified atom stereocenters. The van der Waals surface area contributed by atoms with Crippen LogP contribution in [0.3, 0.4) is 0 Å². The molecule has 1 heterocycles. The monoisotopic (exact) mass is 228 g/mol. The lowest BCUT2D eigenvalue weighted by Gasteiger charge is -2.33. The molecule has 1 amide bonds. The second-order valence-electron chi connectivity index (χ2n) is 4.73. The molecule has 1 rings (SSSR count). The second-order valence-corrected chi connectivity index (χ2v) is 4.73. The predicted octanol–water partition coefficient (Wildman–Crippen LogP) is 0.293. The van der Waals surface area contributed by atoms with Gasteiger partial charge in [-0.05, 0) is 18.8 Å². The SMILES string of the molecule is CC(C)C(N)C(=O)N1CCC[C@@H](C(=O)O)C1. The Balaban J connectivity index is 2.60. The molecule has 1 aliphatic rings. The zero-order valence-electron chi connectivity index (χ0n) is 9.85. The number of hydrogen-bond acceptors (Lipinski definition) is 3. The summed E-state index contributed by atoms with van der Waals surface area (Å²) in [6, 6.07) is -0.521. The first kappa shape index (κ1) is 13.0. The van der Waals surface area contributed by atoms with Gasteiger partial charge in [0.1, 0.15) is 0 Å². The highest BCUT2D eigenvalue weighted by Crippen LogP contribution is 2.18. The summed E-state index contributed by atoms with van der Waals surface area (Å²) >= 11 is 0. The first-order chi connectivity index (χ1) is 7.43. The Morgan fingerprint density at radius 3 is 2.56 bits per heavy atom. The zero-order chi connectivity index (χ0) is 12.3. The van der Waals surface area contributed by atoms with E-state index in [9.17, 15) is 9.59 Å². The number of carboxylic acid groups (broad SMARTS) is 1. The third-order valence-corrected chi connectivity index (χ3v) is 3.09. The van der Waals surface area contributed by atoms with Crippen molar-refractivity contribution in [2.45, 2.75) is 32.7 Å². The minimum atomic E-state index is -0.824. The molecule has 16 heavy (non-hydrogen) atoms. The fourth-order valence-electron chi connectivity index (χ4n) is 1.87. The summed E-state index contributed by atoms with van der Waals surface area (Å²) in [5, 5.41) is 8.92. The molecule has 92 valence electrons. The molecule has 0 aliphatic carbocycles. The summed E-state index contributed by atoms with van der Waals surface area (Å²) in [6.45, 7) is 4.71. The number of nitrogens with zero attached hydrogens (tertiary/aromatic N) is 1. The first-order valence-electron chi connectivity index (χ1n) is 5.70. The Labute approximate surface area is 95.6 Å². The largest absolute Gasteiger partial charge is 0.481 e. The van der Waals surface area contributed by atoms with Crippen LogP contribution in [-0.4, -0.2) is 41.0 Å². The predicted molar refractivity (Wildman–Crippen MR) is 59.8 cm³/mol. The Kier molecular flexibility index (Phi) is 4.29. The van der Waals surface area contributed by atoms with E-state index < -0.39 is 17.9 Å². The van der Waals surface area contributed by atoms with Crippen LogP contribution in [0.15, 0.2) is 0 Å². The molecule has 2 atom stereocenters. The summed E-state index contributed by atoms with van der Waals surface area (Å²) in [7, 11) is 0. The van der Waals surface area contributed by atoms with E-state index in [1.807, 2.05) is 13.8 Å². The number of carbonyl (C=O) groups excluding carboxylic acids is 1. The maximum atomic E-state index is 11.9. The highest BCUT2D eigenvalue weighted by molar-refractivity contribution is 5.82. The Bertz CT molecular complexity index is 278. The van der Waals surface area contributed by atoms with Crippen LogP contribution >= 0.6 is 0 Å². The number of aliphatic carboxylic acids is 1. The summed E-state index contributed by atoms with van der Waals surface area (Å²) in [6.07, 6.45) is 1.39. The molecule has 1 saturated heterocycles. The van der Waals surface area contributed by atoms with Gasteiger partial charge in [0.15, 0.2) is 0 Å². The van der Waals surface area contributed by atoms with Crippen molar-refractivity contribution in [1.82, 2.24) is 4.90 Å². The molecule has 5 nitrogen and oxygen atoms in total. The van der Waals surface area contributed by atoms with Gasteiger partial charge in [0.2, 0.25) is 5.91 Å². The van der Waals surface area contributed by atoms with E-state index in [-0.39, 0.29) is 11.8 Å². The Morgan fingerprint density at radius 2 is 2.06 bits per heavy atom. The van der Waals surface area contributed by atoms with Gasteiger partial charge in [0.25, 0.3) is 0 Å². The van der Waals surface area contributed by atoms with Crippen LogP contribution in [0.1, 0.15) is 26.7 Å². The lowest BCUT2D eigenvalue weighted by atomic mass is 9.96. The van der Waals surface area contributed by atoms with Crippen LogP contribution in [-0.2, 0) is 9.59 Å². The van der Waals surface area contributed by atoms with E-state index >= 15 is 0 Å². The minimum Gasteiger partial charge on any atom is -0.481 e. The summed E-state index contributed by atoms with van der Waals surface area (Å²) < 4.78 is 0. The van der Waals surface area contributed by atoms with E-state index in [2.05, 4.69) is 0 Å². The summed E-state index contributed by atoms with van der Waals surface area (Å²) in [5.41, 5.74) is 5.77. The third kappa shape index (κ3) is 2.95. The lowest BCUT2D eigenvalue weighted by molar-refractivity contribution is -0.146. The summed E-state index contributed by atoms with van der Waals surface area (Å²) in [4.78, 5) is 24.4. The molecule has 3 N–H and O–H groups in total. The van der Waals surface area contributed by atoms with Crippen molar-refractivity contribution in [3.8, 4) is 0 Å². The minimum absolute atomic E-state index is 0.0812. The van der Waals surface area contributed by atoms with Crippen LogP contribution in [0.5, 0.6) is 0 Å². The number of hydrogen-bond donors (Lipinski definition) is 2. The topological polar surface area (TPSA) is 83.6 Å². The number of likely N-dealkylation sites (tertiary alicyclic amines) is 1. The van der Waals surface area contributed by atoms with Crippen molar-refractivity contribution in [3.63, 3.8) is 0 Å². The maximum absolute atomic E-state index is 11.9. The highest BCUT2D eigenvalue weighted by Gasteiger charge is 2.31. The molecule has 0 saturated carbocycles. The third-order valence-electron chi connectivity index (χ3n) is 3.09. The molecule has 0 aromatic heterocycles. The van der Waals surface area contributed by atoms with Gasteiger partial charge in [-0.25, -0.2) is 0 Å². The Morgan fingerprint density at radius 1 is 1.44 bits per heavy atom. The van der Waals surface area contributed by atoms with Gasteiger partial charge in [-0.15, -0.1) is 0 Å². The molecule has 0 aromatic rings. The van der Waals surface area contributed by atoms with Gasteiger partial charge in [-0.2, -0.15) is 0 Å². The number of nitrogens with two attached hydrogens (primary N) is 1. The highest BCUT2D eigenvalue weighted by atomic mass is 16.4. The van der Waals surface area contributed by atoms with Gasteiger partial charge in [0, 0.05) is 13.1 Å². The molecular formula is C11H20N2O3. The second kappa shape index (κ2) is 5.30. The van der Waals surface area contributed by atoms with Crippen molar-refractivity contribution in [3.05, 3.63) is 0 Å². The van der Waals surface area contributed by atoms with Crippen molar-refractivity contribution in [1.29, 1.82) is 0 Å². The van der Waals surface area contributed by atoms with E-state index in [0.29, 0.717) is 19.5 Å². The van der Waals surface area contributed by atoms with Crippen LogP contribution in [0.25, 0.3) is 0 Å². The van der Waals surface area contributed by atoms with Gasteiger partial charge < -0.3 is 15.7 Å². The van der Waals surface area contributed by atoms with E-state index in [1.54, 1.807) is 4.90 Å². The van der Waals surface area contributed by atoms with Gasteiger partial charge in [-0.3, -0.25) is 9.59 Å². The fourth-order valence-corrected chi connectivity index (χ4v) is 1.87. The number of carboxylic acids is 1. The van der Waals surface area contributed by atoms with Crippen molar-refractivity contribution in [2.75, 3.05) is 13.1 Å². The normalized spacial score (nSPS) is 23.2. The molecule has 0 spiro atoms. The smallest absolute Gasteiger partial charge is 0.308 e. The first-order valence-corrected chi connectivity index (χ1v) is 5.70. The average molecular weight is 228 g/mol. The van der Waals surface area contributed by atoms with E-state index in [4.69, 9.17) is 10.8 Å². The summed E-state index contributed by atoms with van der Waals surface area (Å²) in [5.74, 6) is -1.30. The maximum Gasteiger partial charge on any atom is 0.308 e. The standard InChI is InChI=1S/C11H20N2O3/c1-7(2)9(12)10(14)13-5-3-4-8(6-13)11(15)16/h7-9H,3-6,12H2,1-2H3,(H,15,16)/t8-,9?/m1/s1. The van der Waals surface area contributed by atoms with Crippen LogP contribution < -0.4 is 5.73 Å². The van der Waals surface area contributed by atoms with Crippen molar-refractivity contribution in [2.24, 2.45) is 17.6 Å². The fraction of sp³-hybridized carbons (Fsp3) is 0.818. The quantitative estimate of drug-likeness (QED) is 0.727. The molecule has 1 fully saturated rings. The van der Waals surface area contributed by atoms with Gasteiger partial charge in [-0.1, -0.05) is 13.8 Å². The van der Waals surface area contributed by atoms with Crippen molar-refractivity contribution >= 4 is 11.9 Å². The lowest BCUT2D eigenvalue weighted by Crippen LogP contribution is -2.50. The van der Waals surface area contributed by atoms with E-state index in [1.165, 1.54) is 0 Å². The van der Waals surface area contributed by atoms with Crippen LogP contribution in [0.4, 0.5) is 0 Å². The van der Waals surface area contributed by atoms with Crippen molar-refractivity contribution < 1.29 is 14.7 Å². The Hall–Kier alpha value is -1.10. The molecule has 0 bridgehead atoms.